The molecule has 98 valence electrons. The fourth-order valence-corrected chi connectivity index (χ4v) is 1.45. The van der Waals surface area contributed by atoms with Crippen molar-refractivity contribution < 1.29 is 14.8 Å². The standard InChI is InChI=1S/C12H16N2O4/c1-8-3-5-10(11(7-8)14(17)18)13-12(16)6-4-9(2)15/h3,5,7,9,15H,4,6H2,1-2H3,(H,13,16). The summed E-state index contributed by atoms with van der Waals surface area (Å²) in [6.45, 7) is 3.33. The lowest BCUT2D eigenvalue weighted by Gasteiger charge is -2.07. The molecule has 0 aromatic heterocycles. The summed E-state index contributed by atoms with van der Waals surface area (Å²) in [5.41, 5.74) is 0.810. The van der Waals surface area contributed by atoms with Crippen LogP contribution in [0.2, 0.25) is 0 Å². The zero-order valence-electron chi connectivity index (χ0n) is 10.3. The predicted octanol–water partition coefficient (Wildman–Crippen LogP) is 2.00. The molecule has 18 heavy (non-hydrogen) atoms. The van der Waals surface area contributed by atoms with Crippen LogP contribution in [0.1, 0.15) is 25.3 Å². The normalized spacial score (nSPS) is 11.9. The van der Waals surface area contributed by atoms with Crippen LogP contribution in [-0.2, 0) is 4.79 Å². The number of hydrogen-bond donors (Lipinski definition) is 2. The second-order valence-electron chi connectivity index (χ2n) is 4.21. The molecule has 1 unspecified atom stereocenters. The lowest BCUT2D eigenvalue weighted by molar-refractivity contribution is -0.384. The molecule has 0 aliphatic heterocycles. The van der Waals surface area contributed by atoms with E-state index in [-0.39, 0.29) is 23.7 Å². The van der Waals surface area contributed by atoms with E-state index in [4.69, 9.17) is 5.11 Å². The Bertz CT molecular complexity index is 457. The molecule has 6 nitrogen and oxygen atoms in total. The van der Waals surface area contributed by atoms with Gasteiger partial charge in [-0.15, -0.1) is 0 Å². The van der Waals surface area contributed by atoms with Gasteiger partial charge in [0.25, 0.3) is 5.69 Å². The monoisotopic (exact) mass is 252 g/mol. The number of nitrogens with one attached hydrogen (secondary N) is 1. The van der Waals surface area contributed by atoms with Gasteiger partial charge in [-0.05, 0) is 31.9 Å². The van der Waals surface area contributed by atoms with Crippen molar-refractivity contribution in [2.45, 2.75) is 32.8 Å². The number of aliphatic hydroxyl groups is 1. The lowest BCUT2D eigenvalue weighted by Crippen LogP contribution is -2.15. The molecular formula is C12H16N2O4. The number of amides is 1. The largest absolute Gasteiger partial charge is 0.393 e. The third kappa shape index (κ3) is 4.14. The molecule has 0 bridgehead atoms. The highest BCUT2D eigenvalue weighted by Crippen LogP contribution is 2.25. The van der Waals surface area contributed by atoms with Gasteiger partial charge in [-0.3, -0.25) is 14.9 Å². The summed E-state index contributed by atoms with van der Waals surface area (Å²) in [6, 6.07) is 4.61. The van der Waals surface area contributed by atoms with Crippen LogP contribution >= 0.6 is 0 Å². The zero-order valence-corrected chi connectivity index (χ0v) is 10.3. The molecule has 1 rings (SSSR count). The van der Waals surface area contributed by atoms with E-state index in [1.165, 1.54) is 12.1 Å². The van der Waals surface area contributed by atoms with Crippen molar-refractivity contribution in [1.82, 2.24) is 0 Å². The summed E-state index contributed by atoms with van der Waals surface area (Å²) in [5.74, 6) is -0.345. The number of nitro benzene ring substituents is 1. The van der Waals surface area contributed by atoms with Crippen LogP contribution in [0.3, 0.4) is 0 Å². The molecule has 0 fully saturated rings. The first-order valence-corrected chi connectivity index (χ1v) is 5.63. The van der Waals surface area contributed by atoms with E-state index < -0.39 is 11.0 Å². The van der Waals surface area contributed by atoms with Crippen molar-refractivity contribution in [3.05, 3.63) is 33.9 Å². The summed E-state index contributed by atoms with van der Waals surface area (Å²) >= 11 is 0. The number of nitro groups is 1. The Morgan fingerprint density at radius 3 is 2.78 bits per heavy atom. The Morgan fingerprint density at radius 1 is 1.56 bits per heavy atom. The van der Waals surface area contributed by atoms with Crippen LogP contribution in [0.25, 0.3) is 0 Å². The second-order valence-corrected chi connectivity index (χ2v) is 4.21. The SMILES string of the molecule is Cc1ccc(NC(=O)CCC(C)O)c([N+](=O)[O-])c1. The molecule has 0 saturated heterocycles. The third-order valence-electron chi connectivity index (χ3n) is 2.41. The van der Waals surface area contributed by atoms with Gasteiger partial charge in [0.2, 0.25) is 5.91 Å². The van der Waals surface area contributed by atoms with E-state index in [1.807, 2.05) is 0 Å². The van der Waals surface area contributed by atoms with Gasteiger partial charge < -0.3 is 10.4 Å². The minimum absolute atomic E-state index is 0.125. The summed E-state index contributed by atoms with van der Waals surface area (Å²) in [6.07, 6.45) is -0.113. The van der Waals surface area contributed by atoms with Crippen molar-refractivity contribution in [2.75, 3.05) is 5.32 Å². The molecule has 1 amide bonds. The number of rotatable bonds is 5. The van der Waals surface area contributed by atoms with E-state index in [0.29, 0.717) is 6.42 Å². The van der Waals surface area contributed by atoms with Crippen LogP contribution in [-0.4, -0.2) is 22.0 Å². The Labute approximate surface area is 105 Å². The Morgan fingerprint density at radius 2 is 2.22 bits per heavy atom. The quantitative estimate of drug-likeness (QED) is 0.619. The highest BCUT2D eigenvalue weighted by molar-refractivity contribution is 5.93. The first kappa shape index (κ1) is 14.1. The van der Waals surface area contributed by atoms with Gasteiger partial charge in [-0.2, -0.15) is 0 Å². The first-order valence-electron chi connectivity index (χ1n) is 5.63. The maximum absolute atomic E-state index is 11.5. The number of nitrogens with zero attached hydrogens (tertiary/aromatic N) is 1. The minimum Gasteiger partial charge on any atom is -0.393 e. The molecule has 0 radical (unpaired) electrons. The van der Waals surface area contributed by atoms with Crippen LogP contribution < -0.4 is 5.32 Å². The van der Waals surface area contributed by atoms with Crippen LogP contribution in [0.15, 0.2) is 18.2 Å². The number of aliphatic hydroxyl groups excluding tert-OH is 1. The van der Waals surface area contributed by atoms with Gasteiger partial charge in [0, 0.05) is 12.5 Å². The number of anilines is 1. The Kier molecular flexibility index (Phi) is 4.79. The maximum atomic E-state index is 11.5. The number of aryl methyl sites for hydroxylation is 1. The van der Waals surface area contributed by atoms with Crippen molar-refractivity contribution in [3.63, 3.8) is 0 Å². The molecule has 1 aromatic rings. The van der Waals surface area contributed by atoms with Gasteiger partial charge >= 0.3 is 0 Å². The van der Waals surface area contributed by atoms with Gasteiger partial charge in [-0.1, -0.05) is 6.07 Å². The zero-order chi connectivity index (χ0) is 13.7. The van der Waals surface area contributed by atoms with Crippen molar-refractivity contribution >= 4 is 17.3 Å². The number of hydrogen-bond acceptors (Lipinski definition) is 4. The van der Waals surface area contributed by atoms with Crippen molar-refractivity contribution in [1.29, 1.82) is 0 Å². The minimum atomic E-state index is -0.566. The van der Waals surface area contributed by atoms with Gasteiger partial charge in [-0.25, -0.2) is 0 Å². The summed E-state index contributed by atoms with van der Waals surface area (Å²) < 4.78 is 0. The van der Waals surface area contributed by atoms with E-state index in [0.717, 1.165) is 5.56 Å². The van der Waals surface area contributed by atoms with Crippen LogP contribution in [0.4, 0.5) is 11.4 Å². The summed E-state index contributed by atoms with van der Waals surface area (Å²) in [5, 5.41) is 22.4. The first-order chi connectivity index (χ1) is 8.40. The van der Waals surface area contributed by atoms with E-state index in [2.05, 4.69) is 5.32 Å². The molecule has 0 saturated carbocycles. The van der Waals surface area contributed by atoms with E-state index in [1.54, 1.807) is 19.9 Å². The third-order valence-corrected chi connectivity index (χ3v) is 2.41. The average Bonchev–Trinajstić information content (AvgIpc) is 2.28. The average molecular weight is 252 g/mol. The molecule has 0 aliphatic carbocycles. The van der Waals surface area contributed by atoms with Gasteiger partial charge in [0.1, 0.15) is 5.69 Å². The molecule has 6 heteroatoms. The summed E-state index contributed by atoms with van der Waals surface area (Å²) in [4.78, 5) is 21.8. The highest BCUT2D eigenvalue weighted by Gasteiger charge is 2.15. The number of carbonyl (C=O) groups is 1. The van der Waals surface area contributed by atoms with Crippen LogP contribution in [0, 0.1) is 17.0 Å². The molecular weight excluding hydrogens is 236 g/mol. The van der Waals surface area contributed by atoms with Crippen LogP contribution in [0.5, 0.6) is 0 Å². The van der Waals surface area contributed by atoms with Crippen molar-refractivity contribution in [3.8, 4) is 0 Å². The van der Waals surface area contributed by atoms with Gasteiger partial charge in [0.15, 0.2) is 0 Å². The maximum Gasteiger partial charge on any atom is 0.293 e. The van der Waals surface area contributed by atoms with E-state index >= 15 is 0 Å². The van der Waals surface area contributed by atoms with Crippen molar-refractivity contribution in [2.24, 2.45) is 0 Å². The molecule has 0 aliphatic rings. The van der Waals surface area contributed by atoms with E-state index in [9.17, 15) is 14.9 Å². The fraction of sp³-hybridized carbons (Fsp3) is 0.417. The summed E-state index contributed by atoms with van der Waals surface area (Å²) in [7, 11) is 0. The number of benzene rings is 1. The molecule has 0 heterocycles. The smallest absolute Gasteiger partial charge is 0.293 e. The Balaban J connectivity index is 2.78. The topological polar surface area (TPSA) is 92.5 Å². The lowest BCUT2D eigenvalue weighted by atomic mass is 10.1. The molecule has 1 aromatic carbocycles. The van der Waals surface area contributed by atoms with Gasteiger partial charge in [0.05, 0.1) is 11.0 Å². The molecule has 2 N–H and O–H groups in total. The Hall–Kier alpha value is -1.95. The number of carbonyl (C=O) groups excluding carboxylic acids is 1. The highest BCUT2D eigenvalue weighted by atomic mass is 16.6. The molecule has 1 atom stereocenters. The fourth-order valence-electron chi connectivity index (χ4n) is 1.45. The second kappa shape index (κ2) is 6.11. The predicted molar refractivity (Wildman–Crippen MR) is 67.4 cm³/mol. The molecule has 0 spiro atoms.